The third-order valence-electron chi connectivity index (χ3n) is 3.38. The second-order valence-electron chi connectivity index (χ2n) is 5.06. The first-order valence-electron chi connectivity index (χ1n) is 6.48. The van der Waals surface area contributed by atoms with Crippen molar-refractivity contribution in [2.75, 3.05) is 0 Å². The quantitative estimate of drug-likeness (QED) is 0.645. The molecule has 1 heterocycles. The first-order valence-corrected chi connectivity index (χ1v) is 6.48. The van der Waals surface area contributed by atoms with Gasteiger partial charge in [-0.1, -0.05) is 57.0 Å². The predicted molar refractivity (Wildman–Crippen MR) is 67.7 cm³/mol. The zero-order valence-electron chi connectivity index (χ0n) is 10.4. The van der Waals surface area contributed by atoms with E-state index in [1.165, 1.54) is 31.2 Å². The largest absolute Gasteiger partial charge is 0.370 e. The van der Waals surface area contributed by atoms with Gasteiger partial charge in [-0.2, -0.15) is 0 Å². The minimum absolute atomic E-state index is 0.659. The molecule has 2 unspecified atom stereocenters. The lowest BCUT2D eigenvalue weighted by Gasteiger charge is -2.01. The van der Waals surface area contributed by atoms with Gasteiger partial charge in [0.05, 0.1) is 12.2 Å². The molecule has 2 aliphatic rings. The van der Waals surface area contributed by atoms with Crippen LogP contribution < -0.4 is 0 Å². The van der Waals surface area contributed by atoms with Crippen molar-refractivity contribution in [2.45, 2.75) is 57.7 Å². The average molecular weight is 218 g/mol. The fraction of sp³-hybridized carbons (Fsp3) is 0.600. The molecule has 0 aromatic heterocycles. The van der Waals surface area contributed by atoms with Crippen molar-refractivity contribution >= 4 is 0 Å². The highest BCUT2D eigenvalue weighted by Gasteiger charge is 2.39. The molecule has 0 spiro atoms. The van der Waals surface area contributed by atoms with Gasteiger partial charge < -0.3 is 4.74 Å². The van der Waals surface area contributed by atoms with Crippen LogP contribution in [-0.4, -0.2) is 12.2 Å². The summed E-state index contributed by atoms with van der Waals surface area (Å²) in [6.45, 7) is 4.41. The molecule has 0 N–H and O–H groups in total. The Morgan fingerprint density at radius 2 is 1.56 bits per heavy atom. The first-order chi connectivity index (χ1) is 7.77. The molecule has 0 bridgehead atoms. The topological polar surface area (TPSA) is 12.5 Å². The Hall–Kier alpha value is -0.820. The van der Waals surface area contributed by atoms with Gasteiger partial charge in [-0.3, -0.25) is 0 Å². The Labute approximate surface area is 98.8 Å². The van der Waals surface area contributed by atoms with Crippen molar-refractivity contribution in [2.24, 2.45) is 0 Å². The third kappa shape index (κ3) is 3.34. The lowest BCUT2D eigenvalue weighted by molar-refractivity contribution is 0.373. The van der Waals surface area contributed by atoms with E-state index >= 15 is 0 Å². The predicted octanol–water partition coefficient (Wildman–Crippen LogP) is 4.14. The summed E-state index contributed by atoms with van der Waals surface area (Å²) < 4.78 is 5.28. The molecule has 1 aliphatic heterocycles. The van der Waals surface area contributed by atoms with Gasteiger partial charge in [0.15, 0.2) is 0 Å². The molecule has 1 heteroatoms. The van der Waals surface area contributed by atoms with E-state index in [0.29, 0.717) is 18.1 Å². The molecule has 3 rings (SSSR count). The molecule has 1 saturated heterocycles. The van der Waals surface area contributed by atoms with Crippen molar-refractivity contribution in [3.63, 3.8) is 0 Å². The summed E-state index contributed by atoms with van der Waals surface area (Å²) >= 11 is 0. The Morgan fingerprint density at radius 3 is 1.94 bits per heavy atom. The Kier molecular flexibility index (Phi) is 4.00. The second-order valence-corrected chi connectivity index (χ2v) is 5.06. The number of benzene rings is 1. The molecule has 16 heavy (non-hydrogen) atoms. The molecular weight excluding hydrogens is 196 g/mol. The molecule has 1 aromatic rings. The van der Waals surface area contributed by atoms with Crippen LogP contribution in [0.15, 0.2) is 30.3 Å². The number of epoxide rings is 1. The summed E-state index contributed by atoms with van der Waals surface area (Å²) in [5, 5.41) is 0. The summed E-state index contributed by atoms with van der Waals surface area (Å²) in [5.74, 6) is 0.659. The molecule has 88 valence electrons. The Balaban J connectivity index is 0.000000123. The van der Waals surface area contributed by atoms with Gasteiger partial charge in [0.25, 0.3) is 0 Å². The lowest BCUT2D eigenvalue weighted by atomic mass is 10.0. The van der Waals surface area contributed by atoms with E-state index < -0.39 is 0 Å². The van der Waals surface area contributed by atoms with Crippen LogP contribution in [0.2, 0.25) is 0 Å². The van der Waals surface area contributed by atoms with E-state index in [-0.39, 0.29) is 0 Å². The van der Waals surface area contributed by atoms with Crippen molar-refractivity contribution in [1.29, 1.82) is 0 Å². The number of fused-ring (bicyclic) bond motifs is 1. The highest BCUT2D eigenvalue weighted by Crippen LogP contribution is 2.35. The van der Waals surface area contributed by atoms with Gasteiger partial charge in [-0.15, -0.1) is 0 Å². The molecule has 2 atom stereocenters. The van der Waals surface area contributed by atoms with Gasteiger partial charge in [0.2, 0.25) is 0 Å². The molecule has 1 saturated carbocycles. The lowest BCUT2D eigenvalue weighted by Crippen LogP contribution is -2.00. The first kappa shape index (κ1) is 11.7. The molecule has 1 aromatic carbocycles. The van der Waals surface area contributed by atoms with Crippen LogP contribution in [0.1, 0.15) is 51.0 Å². The van der Waals surface area contributed by atoms with E-state index in [9.17, 15) is 0 Å². The van der Waals surface area contributed by atoms with Gasteiger partial charge in [0.1, 0.15) is 0 Å². The van der Waals surface area contributed by atoms with Crippen LogP contribution in [0.3, 0.4) is 0 Å². The van der Waals surface area contributed by atoms with Gasteiger partial charge in [-0.25, -0.2) is 0 Å². The zero-order chi connectivity index (χ0) is 11.4. The van der Waals surface area contributed by atoms with Crippen LogP contribution in [0.25, 0.3) is 0 Å². The standard InChI is InChI=1S/C9H12.C6H10O/c1-8(2)9-6-4-3-5-7-9;1-2-4-6-5(3-1)7-6/h3-8H,1-2H3;5-6H,1-4H2. The monoisotopic (exact) mass is 218 g/mol. The zero-order valence-corrected chi connectivity index (χ0v) is 10.4. The summed E-state index contributed by atoms with van der Waals surface area (Å²) in [5.41, 5.74) is 1.41. The number of hydrogen-bond donors (Lipinski definition) is 0. The van der Waals surface area contributed by atoms with Crippen LogP contribution in [0.5, 0.6) is 0 Å². The van der Waals surface area contributed by atoms with Gasteiger partial charge >= 0.3 is 0 Å². The smallest absolute Gasteiger partial charge is 0.0841 e. The van der Waals surface area contributed by atoms with Crippen molar-refractivity contribution in [3.8, 4) is 0 Å². The third-order valence-corrected chi connectivity index (χ3v) is 3.38. The maximum Gasteiger partial charge on any atom is 0.0841 e. The summed E-state index contributed by atoms with van der Waals surface area (Å²) in [6.07, 6.45) is 6.89. The normalized spacial score (nSPS) is 26.7. The summed E-state index contributed by atoms with van der Waals surface area (Å²) in [6, 6.07) is 10.5. The van der Waals surface area contributed by atoms with Crippen LogP contribution in [-0.2, 0) is 4.74 Å². The van der Waals surface area contributed by atoms with Gasteiger partial charge in [0, 0.05) is 0 Å². The van der Waals surface area contributed by atoms with Crippen molar-refractivity contribution < 1.29 is 4.74 Å². The SMILES string of the molecule is C1CCC2OC2C1.CC(C)c1ccccc1. The molecule has 0 amide bonds. The second kappa shape index (κ2) is 5.49. The van der Waals surface area contributed by atoms with E-state index in [0.717, 1.165) is 0 Å². The summed E-state index contributed by atoms with van der Waals surface area (Å²) in [4.78, 5) is 0. The van der Waals surface area contributed by atoms with Gasteiger partial charge in [-0.05, 0) is 24.3 Å². The minimum atomic E-state index is 0.659. The maximum atomic E-state index is 5.28. The fourth-order valence-corrected chi connectivity index (χ4v) is 2.22. The molecule has 1 aliphatic carbocycles. The van der Waals surface area contributed by atoms with E-state index in [4.69, 9.17) is 4.74 Å². The number of hydrogen-bond acceptors (Lipinski definition) is 1. The fourth-order valence-electron chi connectivity index (χ4n) is 2.22. The van der Waals surface area contributed by atoms with Crippen molar-refractivity contribution in [3.05, 3.63) is 35.9 Å². The molecule has 0 radical (unpaired) electrons. The minimum Gasteiger partial charge on any atom is -0.370 e. The number of ether oxygens (including phenoxy) is 1. The average Bonchev–Trinajstić information content (AvgIpc) is 3.10. The Morgan fingerprint density at radius 1 is 1.00 bits per heavy atom. The van der Waals surface area contributed by atoms with Crippen molar-refractivity contribution in [1.82, 2.24) is 0 Å². The number of rotatable bonds is 1. The van der Waals surface area contributed by atoms with Crippen LogP contribution >= 0.6 is 0 Å². The van der Waals surface area contributed by atoms with Crippen LogP contribution in [0.4, 0.5) is 0 Å². The van der Waals surface area contributed by atoms with E-state index in [1.807, 2.05) is 6.07 Å². The highest BCUT2D eigenvalue weighted by molar-refractivity contribution is 5.17. The van der Waals surface area contributed by atoms with Crippen LogP contribution in [0, 0.1) is 0 Å². The van der Waals surface area contributed by atoms with E-state index in [1.54, 1.807) is 0 Å². The maximum absolute atomic E-state index is 5.28. The van der Waals surface area contributed by atoms with E-state index in [2.05, 4.69) is 38.1 Å². The molecule has 1 nitrogen and oxygen atoms in total. The summed E-state index contributed by atoms with van der Waals surface area (Å²) in [7, 11) is 0. The molecular formula is C15H22O. The highest BCUT2D eigenvalue weighted by atomic mass is 16.6. The molecule has 2 fully saturated rings. The Bertz CT molecular complexity index is 294.